The number of aliphatic hydroxyl groups excluding tert-OH is 1. The normalized spacial score (nSPS) is 18.9. The highest BCUT2D eigenvalue weighted by Crippen LogP contribution is 2.28. The summed E-state index contributed by atoms with van der Waals surface area (Å²) in [6, 6.07) is -0.0895. The molecular weight excluding hydrogens is 266 g/mol. The van der Waals surface area contributed by atoms with Crippen molar-refractivity contribution in [2.24, 2.45) is 5.92 Å². The van der Waals surface area contributed by atoms with Crippen LogP contribution in [0, 0.1) is 12.8 Å². The van der Waals surface area contributed by atoms with Gasteiger partial charge in [-0.15, -0.1) is 0 Å². The highest BCUT2D eigenvalue weighted by atomic mass is 32.2. The van der Waals surface area contributed by atoms with E-state index in [-0.39, 0.29) is 16.6 Å². The maximum atomic E-state index is 12.4. The summed E-state index contributed by atoms with van der Waals surface area (Å²) in [6.07, 6.45) is 4.48. The van der Waals surface area contributed by atoms with Gasteiger partial charge in [-0.1, -0.05) is 12.8 Å². The number of nitrogens with one attached hydrogen (secondary N) is 2. The van der Waals surface area contributed by atoms with E-state index >= 15 is 0 Å². The van der Waals surface area contributed by atoms with Crippen LogP contribution >= 0.6 is 0 Å². The third-order valence-corrected chi connectivity index (χ3v) is 5.59. The highest BCUT2D eigenvalue weighted by molar-refractivity contribution is 7.89. The van der Waals surface area contributed by atoms with E-state index in [1.54, 1.807) is 6.92 Å². The SMILES string of the molecule is Cc1[nH]nc(CO)c1S(=O)(=O)NC(C)C1CCCC1. The lowest BCUT2D eigenvalue weighted by Gasteiger charge is -2.20. The van der Waals surface area contributed by atoms with Crippen LogP contribution in [0.1, 0.15) is 44.0 Å². The lowest BCUT2D eigenvalue weighted by Crippen LogP contribution is -2.37. The third-order valence-electron chi connectivity index (χ3n) is 3.83. The second-order valence-corrected chi connectivity index (χ2v) is 6.89. The number of aromatic nitrogens is 2. The van der Waals surface area contributed by atoms with Crippen LogP contribution in [0.15, 0.2) is 4.90 Å². The lowest BCUT2D eigenvalue weighted by atomic mass is 10.0. The monoisotopic (exact) mass is 287 g/mol. The standard InChI is InChI=1S/C12H21N3O3S/c1-8(10-5-3-4-6-10)15-19(17,18)12-9(2)13-14-11(12)7-16/h8,10,15-16H,3-7H2,1-2H3,(H,13,14). The molecule has 0 radical (unpaired) electrons. The van der Waals surface area contributed by atoms with E-state index in [0.29, 0.717) is 11.6 Å². The minimum Gasteiger partial charge on any atom is -0.390 e. The molecule has 1 aromatic heterocycles. The molecule has 0 saturated heterocycles. The average Bonchev–Trinajstić information content (AvgIpc) is 2.96. The number of hydrogen-bond donors (Lipinski definition) is 3. The van der Waals surface area contributed by atoms with Crippen molar-refractivity contribution in [1.82, 2.24) is 14.9 Å². The topological polar surface area (TPSA) is 95.1 Å². The van der Waals surface area contributed by atoms with Gasteiger partial charge >= 0.3 is 0 Å². The Morgan fingerprint density at radius 2 is 2.11 bits per heavy atom. The van der Waals surface area contributed by atoms with Crippen molar-refractivity contribution in [1.29, 1.82) is 0 Å². The van der Waals surface area contributed by atoms with Gasteiger partial charge in [0.25, 0.3) is 0 Å². The number of sulfonamides is 1. The summed E-state index contributed by atoms with van der Waals surface area (Å²) in [5.41, 5.74) is 0.624. The Balaban J connectivity index is 2.19. The van der Waals surface area contributed by atoms with E-state index in [9.17, 15) is 8.42 Å². The number of aromatic amines is 1. The predicted octanol–water partition coefficient (Wildman–Crippen LogP) is 1.07. The molecule has 2 rings (SSSR count). The molecule has 0 spiro atoms. The molecular formula is C12H21N3O3S. The molecule has 0 bridgehead atoms. The smallest absolute Gasteiger partial charge is 0.244 e. The fourth-order valence-electron chi connectivity index (χ4n) is 2.79. The summed E-state index contributed by atoms with van der Waals surface area (Å²) >= 11 is 0. The summed E-state index contributed by atoms with van der Waals surface area (Å²) in [5.74, 6) is 0.402. The van der Waals surface area contributed by atoms with E-state index in [1.165, 1.54) is 12.8 Å². The molecule has 19 heavy (non-hydrogen) atoms. The molecule has 1 aliphatic carbocycles. The van der Waals surface area contributed by atoms with Gasteiger partial charge in [0.15, 0.2) is 0 Å². The van der Waals surface area contributed by atoms with Crippen LogP contribution in [-0.4, -0.2) is 29.8 Å². The van der Waals surface area contributed by atoms with Crippen molar-refractivity contribution >= 4 is 10.0 Å². The first kappa shape index (κ1) is 14.5. The number of aryl methyl sites for hydroxylation is 1. The van der Waals surface area contributed by atoms with Gasteiger partial charge in [-0.05, 0) is 32.6 Å². The zero-order valence-electron chi connectivity index (χ0n) is 11.3. The van der Waals surface area contributed by atoms with Gasteiger partial charge in [0, 0.05) is 6.04 Å². The van der Waals surface area contributed by atoms with Gasteiger partial charge in [0.1, 0.15) is 10.6 Å². The maximum absolute atomic E-state index is 12.4. The zero-order chi connectivity index (χ0) is 14.0. The summed E-state index contributed by atoms with van der Waals surface area (Å²) in [4.78, 5) is 0.0832. The number of nitrogens with zero attached hydrogens (tertiary/aromatic N) is 1. The van der Waals surface area contributed by atoms with Crippen molar-refractivity contribution in [2.75, 3.05) is 0 Å². The molecule has 7 heteroatoms. The Kier molecular flexibility index (Phi) is 4.27. The zero-order valence-corrected chi connectivity index (χ0v) is 12.1. The van der Waals surface area contributed by atoms with Crippen molar-refractivity contribution in [3.8, 4) is 0 Å². The largest absolute Gasteiger partial charge is 0.390 e. The van der Waals surface area contributed by atoms with Gasteiger partial charge in [0.2, 0.25) is 10.0 Å². The van der Waals surface area contributed by atoms with E-state index in [1.807, 2.05) is 6.92 Å². The van der Waals surface area contributed by atoms with Crippen LogP contribution in [0.25, 0.3) is 0 Å². The first-order valence-corrected chi connectivity index (χ1v) is 8.11. The average molecular weight is 287 g/mol. The molecule has 0 aliphatic heterocycles. The number of aliphatic hydroxyl groups is 1. The maximum Gasteiger partial charge on any atom is 0.244 e. The summed E-state index contributed by atoms with van der Waals surface area (Å²) in [5, 5.41) is 15.6. The second-order valence-electron chi connectivity index (χ2n) is 5.24. The van der Waals surface area contributed by atoms with E-state index in [0.717, 1.165) is 12.8 Å². The first-order chi connectivity index (χ1) is 8.95. The van der Waals surface area contributed by atoms with Crippen LogP contribution in [0.3, 0.4) is 0 Å². The molecule has 1 saturated carbocycles. The summed E-state index contributed by atoms with van der Waals surface area (Å²) < 4.78 is 27.5. The summed E-state index contributed by atoms with van der Waals surface area (Å²) in [6.45, 7) is 3.15. The van der Waals surface area contributed by atoms with Crippen LogP contribution in [0.2, 0.25) is 0 Å². The van der Waals surface area contributed by atoms with Crippen LogP contribution in [-0.2, 0) is 16.6 Å². The van der Waals surface area contributed by atoms with Crippen LogP contribution in [0.5, 0.6) is 0 Å². The Morgan fingerprint density at radius 3 is 2.68 bits per heavy atom. The minimum absolute atomic E-state index is 0.0832. The Morgan fingerprint density at radius 1 is 1.47 bits per heavy atom. The quantitative estimate of drug-likeness (QED) is 0.755. The van der Waals surface area contributed by atoms with Gasteiger partial charge in [-0.2, -0.15) is 5.10 Å². The van der Waals surface area contributed by atoms with Crippen molar-refractivity contribution in [3.63, 3.8) is 0 Å². The van der Waals surface area contributed by atoms with Crippen molar-refractivity contribution in [3.05, 3.63) is 11.4 Å². The third kappa shape index (κ3) is 2.98. The van der Waals surface area contributed by atoms with Gasteiger partial charge in [0.05, 0.1) is 12.3 Å². The summed E-state index contributed by atoms with van der Waals surface area (Å²) in [7, 11) is -3.63. The molecule has 1 atom stereocenters. The van der Waals surface area contributed by atoms with Gasteiger partial charge < -0.3 is 5.11 Å². The number of H-pyrrole nitrogens is 1. The first-order valence-electron chi connectivity index (χ1n) is 6.62. The van der Waals surface area contributed by atoms with Crippen molar-refractivity contribution in [2.45, 2.75) is 57.1 Å². The van der Waals surface area contributed by atoms with E-state index in [4.69, 9.17) is 5.11 Å². The number of hydrogen-bond acceptors (Lipinski definition) is 4. The molecule has 3 N–H and O–H groups in total. The molecule has 1 heterocycles. The molecule has 1 aromatic rings. The van der Waals surface area contributed by atoms with E-state index in [2.05, 4.69) is 14.9 Å². The molecule has 1 unspecified atom stereocenters. The highest BCUT2D eigenvalue weighted by Gasteiger charge is 2.29. The fourth-order valence-corrected chi connectivity index (χ4v) is 4.46. The van der Waals surface area contributed by atoms with Gasteiger partial charge in [-0.3, -0.25) is 5.10 Å². The fraction of sp³-hybridized carbons (Fsp3) is 0.750. The predicted molar refractivity (Wildman–Crippen MR) is 71.0 cm³/mol. The molecule has 108 valence electrons. The molecule has 6 nitrogen and oxygen atoms in total. The molecule has 0 amide bonds. The Hall–Kier alpha value is -0.920. The van der Waals surface area contributed by atoms with Crippen molar-refractivity contribution < 1.29 is 13.5 Å². The number of rotatable bonds is 5. The Labute approximate surface area is 113 Å². The Bertz CT molecular complexity index is 532. The molecule has 1 aliphatic rings. The lowest BCUT2D eigenvalue weighted by molar-refractivity contribution is 0.273. The molecule has 0 aromatic carbocycles. The molecule has 1 fully saturated rings. The second kappa shape index (κ2) is 5.60. The minimum atomic E-state index is -3.63. The van der Waals surface area contributed by atoms with Crippen LogP contribution < -0.4 is 4.72 Å². The van der Waals surface area contributed by atoms with Gasteiger partial charge in [-0.25, -0.2) is 13.1 Å². The van der Waals surface area contributed by atoms with Crippen LogP contribution in [0.4, 0.5) is 0 Å². The van der Waals surface area contributed by atoms with E-state index < -0.39 is 16.6 Å².